The molecule has 2 aromatic rings. The molecule has 1 saturated heterocycles. The second-order valence-electron chi connectivity index (χ2n) is 12.4. The second-order valence-corrected chi connectivity index (χ2v) is 16.5. The van der Waals surface area contributed by atoms with Crippen LogP contribution in [0.25, 0.3) is 0 Å². The van der Waals surface area contributed by atoms with Gasteiger partial charge in [-0.2, -0.15) is 0 Å². The molecule has 4 N–H and O–H groups in total. The molecule has 47 heavy (non-hydrogen) atoms. The van der Waals surface area contributed by atoms with Gasteiger partial charge in [-0.1, -0.05) is 60.3 Å². The molecule has 0 radical (unpaired) electrons. The molecule has 12 nitrogen and oxygen atoms in total. The van der Waals surface area contributed by atoms with Gasteiger partial charge in [-0.25, -0.2) is 17.9 Å². The largest absolute Gasteiger partial charge is 0.444 e. The van der Waals surface area contributed by atoms with Gasteiger partial charge >= 0.3 is 6.09 Å². The quantitative estimate of drug-likeness (QED) is 0.402. The van der Waals surface area contributed by atoms with Gasteiger partial charge in [-0.3, -0.25) is 19.3 Å². The number of sulfonamides is 1. The van der Waals surface area contributed by atoms with Crippen molar-refractivity contribution in [3.63, 3.8) is 0 Å². The monoisotopic (exact) mass is 723 g/mol. The van der Waals surface area contributed by atoms with Gasteiger partial charge in [0, 0.05) is 23.9 Å². The summed E-state index contributed by atoms with van der Waals surface area (Å²) in [6.45, 7) is 0.519. The van der Waals surface area contributed by atoms with Crippen LogP contribution in [0.1, 0.15) is 56.1 Å². The molecule has 4 amide bonds. The number of halogens is 2. The van der Waals surface area contributed by atoms with E-state index in [0.29, 0.717) is 30.8 Å². The van der Waals surface area contributed by atoms with Crippen LogP contribution in [0.15, 0.2) is 46.7 Å². The lowest BCUT2D eigenvalue weighted by molar-refractivity contribution is -0.140. The van der Waals surface area contributed by atoms with E-state index in [0.717, 1.165) is 35.3 Å². The maximum absolute atomic E-state index is 14.0. The molecule has 1 aromatic carbocycles. The first kappa shape index (κ1) is 33.7. The lowest BCUT2D eigenvalue weighted by Crippen LogP contribution is -2.57. The highest BCUT2D eigenvalue weighted by Crippen LogP contribution is 2.46. The number of nitrogens with zero attached hydrogens (tertiary/aromatic N) is 2. The number of fused-ring (bicyclic) bond motifs is 3. The van der Waals surface area contributed by atoms with Gasteiger partial charge in [0.2, 0.25) is 11.8 Å². The Hall–Kier alpha value is -3.17. The molecule has 0 bridgehead atoms. The molecule has 5 atom stereocenters. The number of rotatable bonds is 4. The van der Waals surface area contributed by atoms with E-state index in [1.807, 2.05) is 24.3 Å². The zero-order chi connectivity index (χ0) is 33.5. The zero-order valence-electron chi connectivity index (χ0n) is 25.3. The lowest BCUT2D eigenvalue weighted by Gasteiger charge is -2.28. The average molecular weight is 725 g/mol. The number of hydrogen-bond donors (Lipinski definition) is 3. The number of carbonyl (C=O) groups is 4. The van der Waals surface area contributed by atoms with Crippen LogP contribution in [-0.4, -0.2) is 72.3 Å². The van der Waals surface area contributed by atoms with Crippen molar-refractivity contribution in [2.75, 3.05) is 6.54 Å². The number of carbonyl (C=O) groups excluding carboxylic acids is 4. The van der Waals surface area contributed by atoms with Gasteiger partial charge in [-0.05, 0) is 55.0 Å². The molecule has 4 heterocycles. The van der Waals surface area contributed by atoms with Gasteiger partial charge in [0.15, 0.2) is 0 Å². The molecule has 0 unspecified atom stereocenters. The van der Waals surface area contributed by atoms with E-state index in [1.165, 1.54) is 21.9 Å². The molecule has 252 valence electrons. The van der Waals surface area contributed by atoms with E-state index >= 15 is 0 Å². The van der Waals surface area contributed by atoms with Gasteiger partial charge in [0.05, 0.1) is 23.5 Å². The summed E-state index contributed by atoms with van der Waals surface area (Å²) in [5.41, 5.74) is 6.49. The minimum absolute atomic E-state index is 0.0260. The number of nitrogens with two attached hydrogens (primary N) is 1. The van der Waals surface area contributed by atoms with Crippen molar-refractivity contribution >= 4 is 68.4 Å². The van der Waals surface area contributed by atoms with Gasteiger partial charge < -0.3 is 20.7 Å². The molecule has 16 heteroatoms. The second kappa shape index (κ2) is 13.4. The Balaban J connectivity index is 1.21. The van der Waals surface area contributed by atoms with Crippen molar-refractivity contribution in [2.45, 2.75) is 86.0 Å². The fourth-order valence-electron chi connectivity index (χ4n) is 6.49. The van der Waals surface area contributed by atoms with Crippen LogP contribution in [0, 0.1) is 5.92 Å². The van der Waals surface area contributed by atoms with Crippen molar-refractivity contribution < 1.29 is 32.3 Å². The fourth-order valence-corrected chi connectivity index (χ4v) is 9.27. The molecule has 6 rings (SSSR count). The van der Waals surface area contributed by atoms with Gasteiger partial charge in [0.25, 0.3) is 15.9 Å². The van der Waals surface area contributed by atoms with E-state index in [4.69, 9.17) is 33.7 Å². The van der Waals surface area contributed by atoms with Crippen molar-refractivity contribution in [1.82, 2.24) is 19.8 Å². The highest BCUT2D eigenvalue weighted by Gasteiger charge is 2.61. The fraction of sp³-hybridized carbons (Fsp3) is 0.484. The van der Waals surface area contributed by atoms with Crippen molar-refractivity contribution in [3.8, 4) is 0 Å². The number of amides is 4. The minimum atomic E-state index is -4.26. The third-order valence-corrected chi connectivity index (χ3v) is 12.6. The van der Waals surface area contributed by atoms with Crippen LogP contribution in [0.3, 0.4) is 0 Å². The lowest BCUT2D eigenvalue weighted by atomic mass is 10.1. The number of nitrogens with one attached hydrogen (secondary N) is 2. The highest BCUT2D eigenvalue weighted by atomic mass is 35.5. The average Bonchev–Trinajstić information content (AvgIpc) is 3.41. The number of allylic oxidation sites excluding steroid dienone is 1. The Kier molecular flexibility index (Phi) is 9.60. The van der Waals surface area contributed by atoms with E-state index in [9.17, 15) is 27.6 Å². The summed E-state index contributed by atoms with van der Waals surface area (Å²) in [4.78, 5) is 57.2. The summed E-state index contributed by atoms with van der Waals surface area (Å²) < 4.78 is 34.0. The molecule has 3 aliphatic heterocycles. The predicted octanol–water partition coefficient (Wildman–Crippen LogP) is 3.70. The summed E-state index contributed by atoms with van der Waals surface area (Å²) in [7, 11) is -4.26. The Labute approximate surface area is 286 Å². The summed E-state index contributed by atoms with van der Waals surface area (Å²) in [6.07, 6.45) is 5.96. The molecule has 1 saturated carbocycles. The maximum atomic E-state index is 14.0. The van der Waals surface area contributed by atoms with Crippen LogP contribution < -0.4 is 15.8 Å². The van der Waals surface area contributed by atoms with Crippen molar-refractivity contribution in [2.24, 2.45) is 11.7 Å². The molecule has 1 aliphatic carbocycles. The van der Waals surface area contributed by atoms with Gasteiger partial charge in [0.1, 0.15) is 21.9 Å². The summed E-state index contributed by atoms with van der Waals surface area (Å²) in [6, 6.07) is 6.18. The van der Waals surface area contributed by atoms with E-state index in [1.54, 1.807) is 6.07 Å². The molecular weight excluding hydrogens is 689 g/mol. The van der Waals surface area contributed by atoms with E-state index in [-0.39, 0.29) is 34.5 Å². The standard InChI is InChI=1S/C31H35Cl2N5O7S2/c32-22-9-6-7-18-15-37(17-21(18)22)30(42)45-20-13-24-27(39)35-31(29(41)36-47(43,44)26-12-11-25(33)46-26)14-19(31)8-4-2-1-3-5-10-23(34)28(40)38(24)16-20/h4,6-9,11-12,19-20,23-24H,1-3,5,10,13-17,34H2,(H,35,39)(H,36,41)/b8-4-/t19-,20-,23+,24+,31-/m1/s1. The van der Waals surface area contributed by atoms with Crippen LogP contribution in [0.4, 0.5) is 4.79 Å². The summed E-state index contributed by atoms with van der Waals surface area (Å²) in [5.74, 6) is -2.48. The Morgan fingerprint density at radius 3 is 2.66 bits per heavy atom. The first-order valence-electron chi connectivity index (χ1n) is 15.5. The van der Waals surface area contributed by atoms with E-state index < -0.39 is 63.5 Å². The first-order valence-corrected chi connectivity index (χ1v) is 18.5. The van der Waals surface area contributed by atoms with Crippen LogP contribution in [-0.2, 0) is 42.2 Å². The van der Waals surface area contributed by atoms with Crippen LogP contribution >= 0.6 is 34.5 Å². The number of hydrogen-bond acceptors (Lipinski definition) is 9. The van der Waals surface area contributed by atoms with Crippen molar-refractivity contribution in [1.29, 1.82) is 0 Å². The smallest absolute Gasteiger partial charge is 0.410 e. The molecule has 2 fully saturated rings. The Bertz CT molecular complexity index is 1730. The molecule has 1 aromatic heterocycles. The third kappa shape index (κ3) is 7.02. The first-order chi connectivity index (χ1) is 22.4. The third-order valence-electron chi connectivity index (χ3n) is 9.18. The topological polar surface area (TPSA) is 168 Å². The summed E-state index contributed by atoms with van der Waals surface area (Å²) >= 11 is 13.0. The molecule has 0 spiro atoms. The number of benzene rings is 1. The normalized spacial score (nSPS) is 28.7. The summed E-state index contributed by atoms with van der Waals surface area (Å²) in [5, 5.41) is 3.33. The van der Waals surface area contributed by atoms with Gasteiger partial charge in [-0.15, -0.1) is 11.3 Å². The van der Waals surface area contributed by atoms with Crippen LogP contribution in [0.5, 0.6) is 0 Å². The number of thiophene rings is 1. The minimum Gasteiger partial charge on any atom is -0.444 e. The Morgan fingerprint density at radius 1 is 1.11 bits per heavy atom. The highest BCUT2D eigenvalue weighted by molar-refractivity contribution is 7.92. The van der Waals surface area contributed by atoms with Crippen molar-refractivity contribution in [3.05, 3.63) is 63.0 Å². The predicted molar refractivity (Wildman–Crippen MR) is 175 cm³/mol. The zero-order valence-corrected chi connectivity index (χ0v) is 28.5. The SMILES string of the molecule is N[C@H]1CCCCC/C=C\[C@@H]2C[C@@]2(C(=O)NS(=O)(=O)c2ccc(Cl)s2)NC(=O)[C@@H]2C[C@@H](OC(=O)N3Cc4cccc(Cl)c4C3)CN2C1=O. The Morgan fingerprint density at radius 2 is 1.91 bits per heavy atom. The maximum Gasteiger partial charge on any atom is 0.410 e. The number of ether oxygens (including phenoxy) is 1. The molecule has 4 aliphatic rings. The van der Waals surface area contributed by atoms with E-state index in [2.05, 4.69) is 10.0 Å². The molecular formula is C31H35Cl2N5O7S2. The van der Waals surface area contributed by atoms with Crippen LogP contribution in [0.2, 0.25) is 9.36 Å².